The standard InChI is InChI=1S/C12H18N2/c1-2-4-9(3-1)12-7-10-8-13-6-5-11(10)14-12/h7,9,13-14H,1-6,8H2. The maximum atomic E-state index is 3.64. The number of aromatic amines is 1. The Kier molecular flexibility index (Phi) is 2.09. The molecule has 2 aliphatic rings. The highest BCUT2D eigenvalue weighted by Gasteiger charge is 2.21. The van der Waals surface area contributed by atoms with Crippen molar-refractivity contribution in [1.29, 1.82) is 0 Å². The second-order valence-electron chi connectivity index (χ2n) is 4.64. The smallest absolute Gasteiger partial charge is 0.0223 e. The number of aromatic nitrogens is 1. The number of hydrogen-bond acceptors (Lipinski definition) is 1. The molecule has 2 heteroatoms. The summed E-state index contributed by atoms with van der Waals surface area (Å²) in [4.78, 5) is 3.64. The topological polar surface area (TPSA) is 27.8 Å². The van der Waals surface area contributed by atoms with Crippen molar-refractivity contribution in [3.05, 3.63) is 23.0 Å². The van der Waals surface area contributed by atoms with Gasteiger partial charge in [-0.1, -0.05) is 12.8 Å². The molecule has 3 rings (SSSR count). The summed E-state index contributed by atoms with van der Waals surface area (Å²) in [7, 11) is 0. The molecular weight excluding hydrogens is 172 g/mol. The third kappa shape index (κ3) is 1.38. The highest BCUT2D eigenvalue weighted by atomic mass is 14.9. The van der Waals surface area contributed by atoms with E-state index in [9.17, 15) is 0 Å². The predicted molar refractivity (Wildman–Crippen MR) is 57.4 cm³/mol. The molecule has 2 N–H and O–H groups in total. The molecular formula is C12H18N2. The minimum absolute atomic E-state index is 0.834. The Morgan fingerprint density at radius 1 is 1.21 bits per heavy atom. The molecule has 0 bridgehead atoms. The van der Waals surface area contributed by atoms with E-state index in [-0.39, 0.29) is 0 Å². The average Bonchev–Trinajstić information content (AvgIpc) is 2.86. The van der Waals surface area contributed by atoms with Crippen LogP contribution in [0.25, 0.3) is 0 Å². The van der Waals surface area contributed by atoms with Crippen LogP contribution < -0.4 is 5.32 Å². The van der Waals surface area contributed by atoms with Crippen LogP contribution in [0.2, 0.25) is 0 Å². The summed E-state index contributed by atoms with van der Waals surface area (Å²) in [6, 6.07) is 2.40. The third-order valence-electron chi connectivity index (χ3n) is 3.67. The van der Waals surface area contributed by atoms with Gasteiger partial charge in [0.25, 0.3) is 0 Å². The van der Waals surface area contributed by atoms with E-state index in [0.29, 0.717) is 0 Å². The SMILES string of the molecule is c1c(C2CCCC2)[nH]c2c1CNCC2. The first-order valence-corrected chi connectivity index (χ1v) is 5.85. The van der Waals surface area contributed by atoms with Gasteiger partial charge in [-0.25, -0.2) is 0 Å². The Morgan fingerprint density at radius 2 is 2.07 bits per heavy atom. The minimum Gasteiger partial charge on any atom is -0.362 e. The van der Waals surface area contributed by atoms with Crippen LogP contribution in [0.4, 0.5) is 0 Å². The van der Waals surface area contributed by atoms with E-state index < -0.39 is 0 Å². The van der Waals surface area contributed by atoms with E-state index in [4.69, 9.17) is 0 Å². The second kappa shape index (κ2) is 3.43. The maximum Gasteiger partial charge on any atom is 0.0223 e. The van der Waals surface area contributed by atoms with E-state index in [1.165, 1.54) is 49.1 Å². The fourth-order valence-electron chi connectivity index (χ4n) is 2.84. The van der Waals surface area contributed by atoms with Gasteiger partial charge in [-0.15, -0.1) is 0 Å². The lowest BCUT2D eigenvalue weighted by Gasteiger charge is -2.11. The number of fused-ring (bicyclic) bond motifs is 1. The minimum atomic E-state index is 0.834. The van der Waals surface area contributed by atoms with Crippen LogP contribution >= 0.6 is 0 Å². The van der Waals surface area contributed by atoms with Crippen LogP contribution in [0.1, 0.15) is 48.6 Å². The summed E-state index contributed by atoms with van der Waals surface area (Å²) in [6.07, 6.45) is 6.82. The van der Waals surface area contributed by atoms with Crippen molar-refractivity contribution in [2.24, 2.45) is 0 Å². The highest BCUT2D eigenvalue weighted by Crippen LogP contribution is 2.34. The van der Waals surface area contributed by atoms with E-state index in [2.05, 4.69) is 16.4 Å². The lowest BCUT2D eigenvalue weighted by atomic mass is 10.0. The normalized spacial score (nSPS) is 22.6. The van der Waals surface area contributed by atoms with Crippen molar-refractivity contribution in [3.63, 3.8) is 0 Å². The van der Waals surface area contributed by atoms with Crippen molar-refractivity contribution in [3.8, 4) is 0 Å². The van der Waals surface area contributed by atoms with Crippen molar-refractivity contribution < 1.29 is 0 Å². The summed E-state index contributed by atoms with van der Waals surface area (Å²) < 4.78 is 0. The van der Waals surface area contributed by atoms with E-state index in [1.54, 1.807) is 0 Å². The van der Waals surface area contributed by atoms with E-state index >= 15 is 0 Å². The summed E-state index contributed by atoms with van der Waals surface area (Å²) in [5.41, 5.74) is 4.51. The molecule has 1 fully saturated rings. The van der Waals surface area contributed by atoms with Crippen molar-refractivity contribution in [2.75, 3.05) is 6.54 Å². The zero-order chi connectivity index (χ0) is 9.38. The molecule has 0 amide bonds. The Hall–Kier alpha value is -0.760. The van der Waals surface area contributed by atoms with Gasteiger partial charge in [0.15, 0.2) is 0 Å². The first-order valence-electron chi connectivity index (χ1n) is 5.85. The fraction of sp³-hybridized carbons (Fsp3) is 0.667. The lowest BCUT2D eigenvalue weighted by molar-refractivity contribution is 0.636. The quantitative estimate of drug-likeness (QED) is 0.699. The van der Waals surface area contributed by atoms with Crippen LogP contribution in [-0.4, -0.2) is 11.5 Å². The van der Waals surface area contributed by atoms with Crippen LogP contribution in [0.3, 0.4) is 0 Å². The number of rotatable bonds is 1. The fourth-order valence-corrected chi connectivity index (χ4v) is 2.84. The van der Waals surface area contributed by atoms with Gasteiger partial charge in [0, 0.05) is 30.9 Å². The maximum absolute atomic E-state index is 3.64. The molecule has 0 unspecified atom stereocenters. The van der Waals surface area contributed by atoms with Crippen LogP contribution in [0, 0.1) is 0 Å². The summed E-state index contributed by atoms with van der Waals surface area (Å²) >= 11 is 0. The molecule has 1 aliphatic carbocycles. The predicted octanol–water partition coefficient (Wildman–Crippen LogP) is 2.32. The van der Waals surface area contributed by atoms with Crippen LogP contribution in [0.5, 0.6) is 0 Å². The molecule has 0 spiro atoms. The Balaban J connectivity index is 1.87. The summed E-state index contributed by atoms with van der Waals surface area (Å²) in [5.74, 6) is 0.834. The van der Waals surface area contributed by atoms with Crippen molar-refractivity contribution >= 4 is 0 Å². The van der Waals surface area contributed by atoms with Crippen molar-refractivity contribution in [2.45, 2.75) is 44.6 Å². The van der Waals surface area contributed by atoms with Gasteiger partial charge in [0.05, 0.1) is 0 Å². The molecule has 1 saturated carbocycles. The largest absolute Gasteiger partial charge is 0.362 e. The average molecular weight is 190 g/mol. The molecule has 2 heterocycles. The summed E-state index contributed by atoms with van der Waals surface area (Å²) in [6.45, 7) is 2.20. The van der Waals surface area contributed by atoms with Gasteiger partial charge in [-0.05, 0) is 30.4 Å². The van der Waals surface area contributed by atoms with Gasteiger partial charge in [-0.3, -0.25) is 0 Å². The third-order valence-corrected chi connectivity index (χ3v) is 3.67. The molecule has 1 aromatic rings. The Morgan fingerprint density at radius 3 is 2.86 bits per heavy atom. The van der Waals surface area contributed by atoms with Crippen LogP contribution in [0.15, 0.2) is 6.07 Å². The van der Waals surface area contributed by atoms with Gasteiger partial charge >= 0.3 is 0 Å². The van der Waals surface area contributed by atoms with Gasteiger partial charge in [-0.2, -0.15) is 0 Å². The zero-order valence-electron chi connectivity index (χ0n) is 8.60. The van der Waals surface area contributed by atoms with Crippen LogP contribution in [-0.2, 0) is 13.0 Å². The molecule has 0 aromatic carbocycles. The number of H-pyrrole nitrogens is 1. The molecule has 0 saturated heterocycles. The zero-order valence-corrected chi connectivity index (χ0v) is 8.60. The van der Waals surface area contributed by atoms with Gasteiger partial charge in [0.2, 0.25) is 0 Å². The molecule has 0 atom stereocenters. The Labute approximate surface area is 85.1 Å². The van der Waals surface area contributed by atoms with E-state index in [1.807, 2.05) is 0 Å². The second-order valence-corrected chi connectivity index (χ2v) is 4.64. The van der Waals surface area contributed by atoms with Gasteiger partial charge in [0.1, 0.15) is 0 Å². The molecule has 14 heavy (non-hydrogen) atoms. The molecule has 2 nitrogen and oxygen atoms in total. The first kappa shape index (κ1) is 8.54. The number of nitrogens with one attached hydrogen (secondary N) is 2. The monoisotopic (exact) mass is 190 g/mol. The number of hydrogen-bond donors (Lipinski definition) is 2. The van der Waals surface area contributed by atoms with Crippen molar-refractivity contribution in [1.82, 2.24) is 10.3 Å². The lowest BCUT2D eigenvalue weighted by Crippen LogP contribution is -2.22. The molecule has 1 aliphatic heterocycles. The molecule has 0 radical (unpaired) electrons. The highest BCUT2D eigenvalue weighted by molar-refractivity contribution is 5.30. The summed E-state index contributed by atoms with van der Waals surface area (Å²) in [5, 5.41) is 3.42. The molecule has 76 valence electrons. The Bertz CT molecular complexity index is 298. The molecule has 1 aromatic heterocycles. The first-order chi connectivity index (χ1) is 6.93. The van der Waals surface area contributed by atoms with E-state index in [0.717, 1.165) is 19.0 Å². The van der Waals surface area contributed by atoms with Gasteiger partial charge < -0.3 is 10.3 Å².